The van der Waals surface area contributed by atoms with Crippen LogP contribution in [0.4, 0.5) is 0 Å². The second-order valence-corrected chi connectivity index (χ2v) is 5.95. The van der Waals surface area contributed by atoms with Gasteiger partial charge in [0.25, 0.3) is 0 Å². The van der Waals surface area contributed by atoms with Crippen molar-refractivity contribution < 1.29 is 8.42 Å². The standard InChI is InChI=1S/C12H15NO2S/c1-10-5-7-12(8-6-10)16(14,15)13-9-3-4-11(13)2/h3-8,11H,9H2,1-2H3/t11-/m0/s1. The maximum absolute atomic E-state index is 12.2. The molecule has 0 bridgehead atoms. The van der Waals surface area contributed by atoms with E-state index < -0.39 is 10.0 Å². The minimum absolute atomic E-state index is 0.0497. The highest BCUT2D eigenvalue weighted by Gasteiger charge is 2.29. The molecule has 16 heavy (non-hydrogen) atoms. The van der Waals surface area contributed by atoms with Crippen LogP contribution in [0.3, 0.4) is 0 Å². The number of hydrogen-bond acceptors (Lipinski definition) is 2. The highest BCUT2D eigenvalue weighted by Crippen LogP contribution is 2.21. The van der Waals surface area contributed by atoms with Crippen molar-refractivity contribution in [2.45, 2.75) is 24.8 Å². The van der Waals surface area contributed by atoms with Gasteiger partial charge in [0.1, 0.15) is 0 Å². The maximum Gasteiger partial charge on any atom is 0.243 e. The Bertz CT molecular complexity index is 502. The second-order valence-electron chi connectivity index (χ2n) is 4.06. The summed E-state index contributed by atoms with van der Waals surface area (Å²) in [5.41, 5.74) is 1.06. The summed E-state index contributed by atoms with van der Waals surface area (Å²) in [6.45, 7) is 4.29. The fourth-order valence-corrected chi connectivity index (χ4v) is 3.33. The third-order valence-corrected chi connectivity index (χ3v) is 4.75. The van der Waals surface area contributed by atoms with E-state index in [9.17, 15) is 8.42 Å². The second kappa shape index (κ2) is 4.03. The molecule has 0 aromatic heterocycles. The Morgan fingerprint density at radius 2 is 1.88 bits per heavy atom. The van der Waals surface area contributed by atoms with Crippen LogP contribution in [0, 0.1) is 6.92 Å². The molecule has 1 heterocycles. The van der Waals surface area contributed by atoms with E-state index in [-0.39, 0.29) is 6.04 Å². The van der Waals surface area contributed by atoms with E-state index in [0.29, 0.717) is 11.4 Å². The normalized spacial score (nSPS) is 21.5. The molecule has 2 rings (SSSR count). The summed E-state index contributed by atoms with van der Waals surface area (Å²) in [4.78, 5) is 0.369. The Morgan fingerprint density at radius 3 is 2.38 bits per heavy atom. The molecule has 4 heteroatoms. The third kappa shape index (κ3) is 1.90. The highest BCUT2D eigenvalue weighted by molar-refractivity contribution is 7.89. The number of nitrogens with zero attached hydrogens (tertiary/aromatic N) is 1. The molecule has 1 aromatic rings. The molecule has 1 aromatic carbocycles. The quantitative estimate of drug-likeness (QED) is 0.737. The van der Waals surface area contributed by atoms with Crippen molar-refractivity contribution in [3.63, 3.8) is 0 Å². The zero-order valence-corrected chi connectivity index (χ0v) is 10.2. The molecule has 0 saturated heterocycles. The highest BCUT2D eigenvalue weighted by atomic mass is 32.2. The molecule has 1 atom stereocenters. The van der Waals surface area contributed by atoms with E-state index in [4.69, 9.17) is 0 Å². The van der Waals surface area contributed by atoms with Crippen LogP contribution in [0.2, 0.25) is 0 Å². The first-order valence-corrected chi connectivity index (χ1v) is 6.71. The van der Waals surface area contributed by atoms with Crippen LogP contribution in [0.15, 0.2) is 41.3 Å². The van der Waals surface area contributed by atoms with Crippen LogP contribution < -0.4 is 0 Å². The first-order valence-electron chi connectivity index (χ1n) is 5.27. The molecule has 0 aliphatic carbocycles. The zero-order valence-electron chi connectivity index (χ0n) is 9.42. The Morgan fingerprint density at radius 1 is 1.25 bits per heavy atom. The van der Waals surface area contributed by atoms with E-state index in [2.05, 4.69) is 0 Å². The lowest BCUT2D eigenvalue weighted by Crippen LogP contribution is -2.34. The van der Waals surface area contributed by atoms with Crippen LogP contribution >= 0.6 is 0 Å². The molecule has 0 N–H and O–H groups in total. The van der Waals surface area contributed by atoms with Crippen LogP contribution in [0.5, 0.6) is 0 Å². The van der Waals surface area contributed by atoms with Crippen LogP contribution in [-0.4, -0.2) is 25.3 Å². The number of hydrogen-bond donors (Lipinski definition) is 0. The predicted molar refractivity (Wildman–Crippen MR) is 63.7 cm³/mol. The molecule has 0 spiro atoms. The SMILES string of the molecule is Cc1ccc(S(=O)(=O)N2CC=C[C@@H]2C)cc1. The van der Waals surface area contributed by atoms with Gasteiger partial charge in [0.2, 0.25) is 10.0 Å². The lowest BCUT2D eigenvalue weighted by atomic mass is 10.2. The Hall–Kier alpha value is -1.13. The fraction of sp³-hybridized carbons (Fsp3) is 0.333. The van der Waals surface area contributed by atoms with E-state index in [1.165, 1.54) is 4.31 Å². The van der Waals surface area contributed by atoms with Crippen molar-refractivity contribution in [2.75, 3.05) is 6.54 Å². The topological polar surface area (TPSA) is 37.4 Å². The molecule has 3 nitrogen and oxygen atoms in total. The number of aryl methyl sites for hydroxylation is 1. The fourth-order valence-electron chi connectivity index (χ4n) is 1.79. The molecule has 86 valence electrons. The Kier molecular flexibility index (Phi) is 2.86. The summed E-state index contributed by atoms with van der Waals surface area (Å²) in [7, 11) is -3.33. The zero-order chi connectivity index (χ0) is 11.8. The van der Waals surface area contributed by atoms with Crippen molar-refractivity contribution in [2.24, 2.45) is 0 Å². The summed E-state index contributed by atoms with van der Waals surface area (Å²) in [5.74, 6) is 0. The van der Waals surface area contributed by atoms with Crippen molar-refractivity contribution in [1.82, 2.24) is 4.31 Å². The summed E-state index contributed by atoms with van der Waals surface area (Å²) < 4.78 is 26.0. The van der Waals surface area contributed by atoms with Crippen molar-refractivity contribution in [3.8, 4) is 0 Å². The minimum atomic E-state index is -3.33. The average Bonchev–Trinajstić information content (AvgIpc) is 2.66. The first kappa shape index (κ1) is 11.4. The number of rotatable bonds is 2. The van der Waals surface area contributed by atoms with Crippen LogP contribution in [0.25, 0.3) is 0 Å². The van der Waals surface area contributed by atoms with Gasteiger partial charge in [-0.1, -0.05) is 29.8 Å². The molecular weight excluding hydrogens is 222 g/mol. The van der Waals surface area contributed by atoms with Gasteiger partial charge in [-0.15, -0.1) is 0 Å². The molecule has 0 radical (unpaired) electrons. The third-order valence-electron chi connectivity index (χ3n) is 2.78. The van der Waals surface area contributed by atoms with E-state index in [0.717, 1.165) is 5.56 Å². The van der Waals surface area contributed by atoms with Crippen molar-refractivity contribution >= 4 is 10.0 Å². The average molecular weight is 237 g/mol. The van der Waals surface area contributed by atoms with E-state index >= 15 is 0 Å². The monoisotopic (exact) mass is 237 g/mol. The van der Waals surface area contributed by atoms with E-state index in [1.54, 1.807) is 12.1 Å². The van der Waals surface area contributed by atoms with Crippen LogP contribution in [-0.2, 0) is 10.0 Å². The van der Waals surface area contributed by atoms with Crippen molar-refractivity contribution in [3.05, 3.63) is 42.0 Å². The lowest BCUT2D eigenvalue weighted by Gasteiger charge is -2.20. The van der Waals surface area contributed by atoms with Gasteiger partial charge in [-0.3, -0.25) is 0 Å². The summed E-state index contributed by atoms with van der Waals surface area (Å²) >= 11 is 0. The van der Waals surface area contributed by atoms with Crippen LogP contribution in [0.1, 0.15) is 12.5 Å². The van der Waals surface area contributed by atoms with Gasteiger partial charge in [-0.05, 0) is 26.0 Å². The largest absolute Gasteiger partial charge is 0.243 e. The molecule has 0 fully saturated rings. The number of benzene rings is 1. The smallest absolute Gasteiger partial charge is 0.207 e. The summed E-state index contributed by atoms with van der Waals surface area (Å²) in [6, 6.07) is 6.92. The molecular formula is C12H15NO2S. The van der Waals surface area contributed by atoms with Gasteiger partial charge in [-0.2, -0.15) is 4.31 Å². The maximum atomic E-state index is 12.2. The molecule has 1 aliphatic heterocycles. The van der Waals surface area contributed by atoms with Gasteiger partial charge in [0, 0.05) is 12.6 Å². The molecule has 0 unspecified atom stereocenters. The van der Waals surface area contributed by atoms with Gasteiger partial charge in [-0.25, -0.2) is 8.42 Å². The summed E-state index contributed by atoms with van der Waals surface area (Å²) in [5, 5.41) is 0. The van der Waals surface area contributed by atoms with Crippen molar-refractivity contribution in [1.29, 1.82) is 0 Å². The van der Waals surface area contributed by atoms with Gasteiger partial charge in [0.15, 0.2) is 0 Å². The van der Waals surface area contributed by atoms with E-state index in [1.807, 2.05) is 38.1 Å². The summed E-state index contributed by atoms with van der Waals surface area (Å²) in [6.07, 6.45) is 3.79. The molecule has 1 aliphatic rings. The molecule has 0 saturated carbocycles. The van der Waals surface area contributed by atoms with Gasteiger partial charge >= 0.3 is 0 Å². The minimum Gasteiger partial charge on any atom is -0.207 e. The molecule has 0 amide bonds. The lowest BCUT2D eigenvalue weighted by molar-refractivity contribution is 0.428. The van der Waals surface area contributed by atoms with Gasteiger partial charge in [0.05, 0.1) is 4.90 Å². The predicted octanol–water partition coefficient (Wildman–Crippen LogP) is 1.94. The Labute approximate surface area is 96.4 Å². The number of sulfonamides is 1. The van der Waals surface area contributed by atoms with Gasteiger partial charge < -0.3 is 0 Å². The first-order chi connectivity index (χ1) is 7.51. The Balaban J connectivity index is 2.36.